The maximum absolute atomic E-state index is 11.2. The molecule has 0 aliphatic rings. The Morgan fingerprint density at radius 2 is 1.90 bits per heavy atom. The second-order valence-electron chi connectivity index (χ2n) is 3.95. The summed E-state index contributed by atoms with van der Waals surface area (Å²) >= 11 is 6.02. The largest absolute Gasteiger partial charge is 0.495 e. The number of carbonyl (C=O) groups is 1. The van der Waals surface area contributed by atoms with Crippen molar-refractivity contribution in [3.8, 4) is 11.5 Å². The van der Waals surface area contributed by atoms with E-state index >= 15 is 0 Å². The number of anilines is 1. The van der Waals surface area contributed by atoms with Crippen molar-refractivity contribution in [2.75, 3.05) is 33.2 Å². The minimum atomic E-state index is -0.354. The Morgan fingerprint density at radius 1 is 1.25 bits per heavy atom. The molecule has 0 amide bonds. The fourth-order valence-corrected chi connectivity index (χ4v) is 1.79. The van der Waals surface area contributed by atoms with Crippen LogP contribution in [0.15, 0.2) is 23.8 Å². The molecule has 0 saturated carbocycles. The number of hydrogen-bond acceptors (Lipinski definition) is 5. The number of nitrogens with one attached hydrogen (secondary N) is 1. The molecular formula is C14H18ClNO4. The van der Waals surface area contributed by atoms with Crippen molar-refractivity contribution < 1.29 is 19.0 Å². The Hall–Kier alpha value is -1.88. The lowest BCUT2D eigenvalue weighted by atomic mass is 10.2. The van der Waals surface area contributed by atoms with Crippen LogP contribution in [0.1, 0.15) is 6.92 Å². The van der Waals surface area contributed by atoms with Gasteiger partial charge in [-0.2, -0.15) is 0 Å². The highest BCUT2D eigenvalue weighted by atomic mass is 35.5. The van der Waals surface area contributed by atoms with Gasteiger partial charge in [-0.1, -0.05) is 17.7 Å². The number of benzene rings is 1. The number of methoxy groups -OCH3 is 3. The molecule has 1 rings (SSSR count). The molecule has 5 nitrogen and oxygen atoms in total. The number of ether oxygens (including phenoxy) is 3. The zero-order valence-corrected chi connectivity index (χ0v) is 12.7. The highest BCUT2D eigenvalue weighted by molar-refractivity contribution is 6.32. The summed E-state index contributed by atoms with van der Waals surface area (Å²) in [5, 5.41) is 3.60. The van der Waals surface area contributed by atoms with E-state index in [1.807, 2.05) is 0 Å². The Kier molecular flexibility index (Phi) is 6.18. The molecule has 1 aromatic rings. The Morgan fingerprint density at radius 3 is 2.45 bits per heavy atom. The molecule has 6 heteroatoms. The number of esters is 1. The van der Waals surface area contributed by atoms with Crippen LogP contribution in [0.2, 0.25) is 5.02 Å². The molecule has 20 heavy (non-hydrogen) atoms. The van der Waals surface area contributed by atoms with E-state index in [1.165, 1.54) is 7.11 Å². The SMILES string of the molecule is COC(=O)/C(C)=C/CNc1cc(OC)c(Cl)cc1OC. The molecule has 1 aromatic carbocycles. The maximum atomic E-state index is 11.2. The van der Waals surface area contributed by atoms with E-state index in [0.717, 1.165) is 5.69 Å². The highest BCUT2D eigenvalue weighted by Gasteiger charge is 2.09. The van der Waals surface area contributed by atoms with Gasteiger partial charge in [-0.3, -0.25) is 0 Å². The van der Waals surface area contributed by atoms with Crippen LogP contribution in [0, 0.1) is 0 Å². The molecule has 110 valence electrons. The molecule has 0 spiro atoms. The minimum Gasteiger partial charge on any atom is -0.495 e. The van der Waals surface area contributed by atoms with Crippen molar-refractivity contribution in [1.82, 2.24) is 0 Å². The lowest BCUT2D eigenvalue weighted by Gasteiger charge is -2.13. The molecule has 0 aliphatic carbocycles. The van der Waals surface area contributed by atoms with Crippen LogP contribution < -0.4 is 14.8 Å². The number of hydrogen-bond donors (Lipinski definition) is 1. The predicted octanol–water partition coefficient (Wildman–Crippen LogP) is 2.89. The second-order valence-corrected chi connectivity index (χ2v) is 4.35. The standard InChI is InChI=1S/C14H18ClNO4/c1-9(14(17)20-4)5-6-16-11-8-12(18-2)10(15)7-13(11)19-3/h5,7-8,16H,6H2,1-4H3/b9-5+. The van der Waals surface area contributed by atoms with Gasteiger partial charge in [-0.25, -0.2) is 4.79 Å². The van der Waals surface area contributed by atoms with Crippen LogP contribution in [0.3, 0.4) is 0 Å². The number of rotatable bonds is 6. The van der Waals surface area contributed by atoms with Crippen molar-refractivity contribution >= 4 is 23.3 Å². The molecule has 0 saturated heterocycles. The zero-order valence-electron chi connectivity index (χ0n) is 12.0. The molecule has 0 radical (unpaired) electrons. The fraction of sp³-hybridized carbons (Fsp3) is 0.357. The van der Waals surface area contributed by atoms with Gasteiger partial charge < -0.3 is 19.5 Å². The van der Waals surface area contributed by atoms with Crippen LogP contribution in [0.25, 0.3) is 0 Å². The average molecular weight is 300 g/mol. The second kappa shape index (κ2) is 7.65. The highest BCUT2D eigenvalue weighted by Crippen LogP contribution is 2.35. The van der Waals surface area contributed by atoms with E-state index in [1.54, 1.807) is 39.4 Å². The van der Waals surface area contributed by atoms with Gasteiger partial charge >= 0.3 is 5.97 Å². The van der Waals surface area contributed by atoms with Crippen LogP contribution in [-0.4, -0.2) is 33.8 Å². The van der Waals surface area contributed by atoms with E-state index < -0.39 is 0 Å². The molecule has 1 N–H and O–H groups in total. The van der Waals surface area contributed by atoms with Crippen LogP contribution in [-0.2, 0) is 9.53 Å². The zero-order chi connectivity index (χ0) is 15.1. The monoisotopic (exact) mass is 299 g/mol. The third-order valence-electron chi connectivity index (χ3n) is 2.68. The summed E-state index contributed by atoms with van der Waals surface area (Å²) in [7, 11) is 4.44. The summed E-state index contributed by atoms with van der Waals surface area (Å²) in [6.45, 7) is 2.13. The Labute approximate surface area is 123 Å². The molecule has 0 bridgehead atoms. The smallest absolute Gasteiger partial charge is 0.333 e. The van der Waals surface area contributed by atoms with Crippen molar-refractivity contribution in [3.63, 3.8) is 0 Å². The van der Waals surface area contributed by atoms with Gasteiger partial charge in [0, 0.05) is 24.3 Å². The van der Waals surface area contributed by atoms with Crippen LogP contribution in [0.4, 0.5) is 5.69 Å². The summed E-state index contributed by atoms with van der Waals surface area (Å²) in [6.07, 6.45) is 1.73. The summed E-state index contributed by atoms with van der Waals surface area (Å²) in [6, 6.07) is 3.40. The number of carbonyl (C=O) groups excluding carboxylic acids is 1. The Balaban J connectivity index is 2.84. The first-order valence-electron chi connectivity index (χ1n) is 5.94. The van der Waals surface area contributed by atoms with Gasteiger partial charge in [0.1, 0.15) is 11.5 Å². The first-order chi connectivity index (χ1) is 9.53. The maximum Gasteiger partial charge on any atom is 0.333 e. The fourth-order valence-electron chi connectivity index (χ4n) is 1.56. The van der Waals surface area contributed by atoms with Gasteiger partial charge in [0.15, 0.2) is 0 Å². The van der Waals surface area contributed by atoms with Crippen molar-refractivity contribution in [2.24, 2.45) is 0 Å². The first kappa shape index (κ1) is 16.2. The van der Waals surface area contributed by atoms with E-state index in [2.05, 4.69) is 10.1 Å². The molecule has 0 aliphatic heterocycles. The van der Waals surface area contributed by atoms with E-state index in [9.17, 15) is 4.79 Å². The third-order valence-corrected chi connectivity index (χ3v) is 2.98. The van der Waals surface area contributed by atoms with Gasteiger partial charge in [0.05, 0.1) is 32.0 Å². The minimum absolute atomic E-state index is 0.354. The number of halogens is 1. The van der Waals surface area contributed by atoms with Crippen LogP contribution in [0.5, 0.6) is 11.5 Å². The van der Waals surface area contributed by atoms with Crippen molar-refractivity contribution in [1.29, 1.82) is 0 Å². The molecular weight excluding hydrogens is 282 g/mol. The van der Waals surface area contributed by atoms with Crippen molar-refractivity contribution in [2.45, 2.75) is 6.92 Å². The summed E-state index contributed by atoms with van der Waals surface area (Å²) in [5.74, 6) is 0.788. The Bertz CT molecular complexity index is 514. The molecule has 0 unspecified atom stereocenters. The third kappa shape index (κ3) is 4.06. The van der Waals surface area contributed by atoms with Crippen molar-refractivity contribution in [3.05, 3.63) is 28.8 Å². The molecule has 0 heterocycles. The topological polar surface area (TPSA) is 56.8 Å². The molecule has 0 fully saturated rings. The average Bonchev–Trinajstić information content (AvgIpc) is 2.46. The van der Waals surface area contributed by atoms with E-state index in [-0.39, 0.29) is 5.97 Å². The molecule has 0 atom stereocenters. The lowest BCUT2D eigenvalue weighted by Crippen LogP contribution is -2.06. The van der Waals surface area contributed by atoms with Gasteiger partial charge in [-0.05, 0) is 6.92 Å². The summed E-state index contributed by atoms with van der Waals surface area (Å²) in [4.78, 5) is 11.2. The van der Waals surface area contributed by atoms with Gasteiger partial charge in [0.25, 0.3) is 0 Å². The quantitative estimate of drug-likeness (QED) is 0.646. The van der Waals surface area contributed by atoms with E-state index in [0.29, 0.717) is 28.6 Å². The lowest BCUT2D eigenvalue weighted by molar-refractivity contribution is -0.136. The van der Waals surface area contributed by atoms with Gasteiger partial charge in [0.2, 0.25) is 0 Å². The van der Waals surface area contributed by atoms with Crippen LogP contribution >= 0.6 is 11.6 Å². The summed E-state index contributed by atoms with van der Waals surface area (Å²) in [5.41, 5.74) is 1.25. The normalized spacial score (nSPS) is 10.9. The van der Waals surface area contributed by atoms with E-state index in [4.69, 9.17) is 21.1 Å². The molecule has 0 aromatic heterocycles. The van der Waals surface area contributed by atoms with Gasteiger partial charge in [-0.15, -0.1) is 0 Å². The first-order valence-corrected chi connectivity index (χ1v) is 6.31. The predicted molar refractivity (Wildman–Crippen MR) is 78.8 cm³/mol. The summed E-state index contributed by atoms with van der Waals surface area (Å²) < 4.78 is 15.0.